The molecule has 0 bridgehead atoms. The summed E-state index contributed by atoms with van der Waals surface area (Å²) < 4.78 is 1.66. The fraction of sp³-hybridized carbons (Fsp3) is 0. The Morgan fingerprint density at radius 3 is 2.33 bits per heavy atom. The van der Waals surface area contributed by atoms with E-state index in [4.69, 9.17) is 12.2 Å². The van der Waals surface area contributed by atoms with Gasteiger partial charge >= 0.3 is 0 Å². The van der Waals surface area contributed by atoms with Crippen molar-refractivity contribution in [2.24, 2.45) is 0 Å². The highest BCUT2D eigenvalue weighted by atomic mass is 32.1. The van der Waals surface area contributed by atoms with E-state index in [9.17, 15) is 15.2 Å². The Balaban J connectivity index is 2.09. The number of thiocarbonyl (C=S) groups is 1. The zero-order valence-electron chi connectivity index (χ0n) is 14.1. The van der Waals surface area contributed by atoms with Gasteiger partial charge < -0.3 is 10.4 Å². The molecule has 0 radical (unpaired) electrons. The van der Waals surface area contributed by atoms with Gasteiger partial charge in [0.15, 0.2) is 23.1 Å². The van der Waals surface area contributed by atoms with Crippen molar-refractivity contribution in [2.45, 2.75) is 0 Å². The van der Waals surface area contributed by atoms with Crippen LogP contribution in [-0.2, 0) is 0 Å². The molecular weight excluding hydrogens is 362 g/mol. The summed E-state index contributed by atoms with van der Waals surface area (Å²) in [6.45, 7) is 0. The van der Waals surface area contributed by atoms with E-state index in [1.54, 1.807) is 35.2 Å². The Bertz CT molecular complexity index is 1010. The second kappa shape index (κ2) is 8.20. The van der Waals surface area contributed by atoms with Crippen molar-refractivity contribution < 1.29 is 14.6 Å². The van der Waals surface area contributed by atoms with Gasteiger partial charge in [0.05, 0.1) is 4.92 Å². The van der Waals surface area contributed by atoms with E-state index < -0.39 is 4.92 Å². The number of nitrogens with zero attached hydrogens (tertiary/aromatic N) is 2. The van der Waals surface area contributed by atoms with Crippen molar-refractivity contribution in [2.75, 3.05) is 5.32 Å². The molecule has 1 heterocycles. The van der Waals surface area contributed by atoms with E-state index in [2.05, 4.69) is 5.32 Å². The molecule has 1 aromatic heterocycles. The lowest BCUT2D eigenvalue weighted by atomic mass is 10.1. The van der Waals surface area contributed by atoms with Crippen LogP contribution in [-0.4, -0.2) is 15.0 Å². The topological polar surface area (TPSA) is 79.3 Å². The lowest BCUT2D eigenvalue weighted by molar-refractivity contribution is -0.575. The Morgan fingerprint density at radius 1 is 1.00 bits per heavy atom. The number of para-hydroxylation sites is 1. The normalized spacial score (nSPS) is 11.4. The second-order valence-corrected chi connectivity index (χ2v) is 6.02. The number of rotatable bonds is 5. The quantitative estimate of drug-likeness (QED) is 0.174. The molecule has 6 nitrogen and oxygen atoms in total. The first-order valence-electron chi connectivity index (χ1n) is 8.07. The van der Waals surface area contributed by atoms with Crippen LogP contribution in [0.2, 0.25) is 0 Å². The number of anilines is 1. The number of aromatic nitrogens is 1. The summed E-state index contributed by atoms with van der Waals surface area (Å²) in [5, 5.41) is 25.0. The number of aliphatic hydroxyl groups is 1. The predicted molar refractivity (Wildman–Crippen MR) is 108 cm³/mol. The van der Waals surface area contributed by atoms with E-state index in [0.29, 0.717) is 11.3 Å². The molecule has 2 N–H and O–H groups in total. The summed E-state index contributed by atoms with van der Waals surface area (Å²) in [6.07, 6.45) is 3.48. The zero-order valence-corrected chi connectivity index (χ0v) is 15.0. The van der Waals surface area contributed by atoms with Gasteiger partial charge in [-0.3, -0.25) is 10.1 Å². The van der Waals surface area contributed by atoms with Gasteiger partial charge in [0.25, 0.3) is 11.4 Å². The summed E-state index contributed by atoms with van der Waals surface area (Å²) in [4.78, 5) is 10.8. The Hall–Kier alpha value is -3.58. The van der Waals surface area contributed by atoms with Crippen LogP contribution >= 0.6 is 12.2 Å². The number of nitro groups is 1. The van der Waals surface area contributed by atoms with Gasteiger partial charge in [-0.15, -0.1) is 0 Å². The number of nitrogens with one attached hydrogen (secondary N) is 1. The van der Waals surface area contributed by atoms with E-state index in [0.717, 1.165) is 5.69 Å². The minimum atomic E-state index is -0.507. The number of benzene rings is 2. The first-order chi connectivity index (χ1) is 13.1. The third-order valence-corrected chi connectivity index (χ3v) is 4.07. The van der Waals surface area contributed by atoms with Crippen LogP contribution in [0.3, 0.4) is 0 Å². The molecule has 2 aromatic carbocycles. The zero-order chi connectivity index (χ0) is 19.2. The Kier molecular flexibility index (Phi) is 5.53. The van der Waals surface area contributed by atoms with E-state index in [-0.39, 0.29) is 16.4 Å². The van der Waals surface area contributed by atoms with Gasteiger partial charge in [-0.1, -0.05) is 48.6 Å². The Morgan fingerprint density at radius 2 is 1.67 bits per heavy atom. The standard InChI is InChI=1S/C20H15N3O3S/c24-19(15-8-7-11-17(14-15)23(25)26)18(22-12-5-2-6-13-22)20(27)21-16-9-3-1-4-10-16/h1-14H,(H-,21,24,27)/p+1. The molecule has 0 amide bonds. The van der Waals surface area contributed by atoms with Crippen LogP contribution in [0.4, 0.5) is 11.4 Å². The number of pyridine rings is 1. The molecule has 0 spiro atoms. The third kappa shape index (κ3) is 4.34. The maximum Gasteiger partial charge on any atom is 0.288 e. The smallest absolute Gasteiger partial charge is 0.288 e. The number of hydrogen-bond acceptors (Lipinski definition) is 4. The molecular formula is C20H16N3O3S+. The largest absolute Gasteiger partial charge is 0.502 e. The molecule has 0 saturated heterocycles. The third-order valence-electron chi connectivity index (χ3n) is 3.78. The lowest BCUT2D eigenvalue weighted by Gasteiger charge is -2.10. The number of non-ortho nitro benzene ring substituents is 1. The van der Waals surface area contributed by atoms with Crippen molar-refractivity contribution >= 4 is 40.0 Å². The van der Waals surface area contributed by atoms with Crippen LogP contribution in [0.15, 0.2) is 85.2 Å². The molecule has 0 aliphatic heterocycles. The molecule has 0 aliphatic rings. The molecule has 0 aliphatic carbocycles. The Labute approximate surface area is 161 Å². The molecule has 134 valence electrons. The fourth-order valence-electron chi connectivity index (χ4n) is 2.51. The van der Waals surface area contributed by atoms with Gasteiger partial charge in [0.1, 0.15) is 0 Å². The van der Waals surface area contributed by atoms with Gasteiger partial charge in [-0.25, -0.2) is 0 Å². The SMILES string of the molecule is O=[N+]([O-])c1cccc(/C(O)=C(/C(=S)Nc2ccccc2)[n+]2ccccc2)c1. The summed E-state index contributed by atoms with van der Waals surface area (Å²) in [5.41, 5.74) is 1.27. The molecule has 7 heteroatoms. The van der Waals surface area contributed by atoms with Gasteiger partial charge in [0.2, 0.25) is 0 Å². The lowest BCUT2D eigenvalue weighted by Crippen LogP contribution is -2.38. The molecule has 0 saturated carbocycles. The summed E-state index contributed by atoms with van der Waals surface area (Å²) in [6, 6.07) is 20.5. The number of aliphatic hydroxyl groups excluding tert-OH is 1. The molecule has 3 rings (SSSR count). The predicted octanol–water partition coefficient (Wildman–Crippen LogP) is 4.21. The average molecular weight is 378 g/mol. The minimum absolute atomic E-state index is 0.113. The fourth-order valence-corrected chi connectivity index (χ4v) is 2.83. The number of hydrogen-bond donors (Lipinski definition) is 2. The van der Waals surface area contributed by atoms with Crippen molar-refractivity contribution in [3.63, 3.8) is 0 Å². The van der Waals surface area contributed by atoms with Gasteiger partial charge in [-0.2, -0.15) is 4.57 Å². The second-order valence-electron chi connectivity index (χ2n) is 5.61. The van der Waals surface area contributed by atoms with E-state index >= 15 is 0 Å². The average Bonchev–Trinajstić information content (AvgIpc) is 2.69. The molecule has 3 aromatic rings. The molecule has 0 unspecified atom stereocenters. The van der Waals surface area contributed by atoms with Crippen molar-refractivity contribution in [3.8, 4) is 0 Å². The van der Waals surface area contributed by atoms with Crippen LogP contribution in [0.1, 0.15) is 5.56 Å². The molecule has 27 heavy (non-hydrogen) atoms. The van der Waals surface area contributed by atoms with E-state index in [1.807, 2.05) is 36.4 Å². The highest BCUT2D eigenvalue weighted by Gasteiger charge is 2.24. The maximum atomic E-state index is 11.1. The van der Waals surface area contributed by atoms with Gasteiger partial charge in [0, 0.05) is 35.5 Å². The maximum absolute atomic E-state index is 11.1. The highest BCUT2D eigenvalue weighted by molar-refractivity contribution is 7.81. The summed E-state index contributed by atoms with van der Waals surface area (Å²) in [5.74, 6) is -0.164. The first-order valence-corrected chi connectivity index (χ1v) is 8.48. The minimum Gasteiger partial charge on any atom is -0.502 e. The van der Waals surface area contributed by atoms with Crippen LogP contribution < -0.4 is 9.88 Å². The van der Waals surface area contributed by atoms with Crippen molar-refractivity contribution in [1.82, 2.24) is 0 Å². The van der Waals surface area contributed by atoms with Gasteiger partial charge in [-0.05, 0) is 12.1 Å². The molecule has 0 fully saturated rings. The summed E-state index contributed by atoms with van der Waals surface area (Å²) in [7, 11) is 0. The first kappa shape index (κ1) is 18.2. The summed E-state index contributed by atoms with van der Waals surface area (Å²) >= 11 is 5.52. The van der Waals surface area contributed by atoms with Crippen LogP contribution in [0.25, 0.3) is 11.5 Å². The molecule has 0 atom stereocenters. The monoisotopic (exact) mass is 378 g/mol. The highest BCUT2D eigenvalue weighted by Crippen LogP contribution is 2.22. The van der Waals surface area contributed by atoms with Crippen molar-refractivity contribution in [1.29, 1.82) is 0 Å². The van der Waals surface area contributed by atoms with Crippen LogP contribution in [0.5, 0.6) is 0 Å². The number of nitro benzene ring substituents is 1. The van der Waals surface area contributed by atoms with Crippen LogP contribution in [0, 0.1) is 10.1 Å². The van der Waals surface area contributed by atoms with Crippen molar-refractivity contribution in [3.05, 3.63) is 101 Å². The van der Waals surface area contributed by atoms with E-state index in [1.165, 1.54) is 18.2 Å².